The third-order valence-electron chi connectivity index (χ3n) is 2.45. The molecule has 0 amide bonds. The molecule has 0 aliphatic rings. The van der Waals surface area contributed by atoms with E-state index in [1.807, 2.05) is 0 Å². The zero-order chi connectivity index (χ0) is 11.3. The number of furan rings is 1. The van der Waals surface area contributed by atoms with Crippen molar-refractivity contribution in [3.8, 4) is 0 Å². The van der Waals surface area contributed by atoms with Gasteiger partial charge in [0.1, 0.15) is 5.82 Å². The molecule has 0 saturated carbocycles. The molecule has 1 aromatic carbocycles. The molecule has 3 aromatic rings. The second kappa shape index (κ2) is 2.91. The van der Waals surface area contributed by atoms with Gasteiger partial charge < -0.3 is 9.40 Å². The molecule has 16 heavy (non-hydrogen) atoms. The first-order chi connectivity index (χ1) is 7.66. The lowest BCUT2D eigenvalue weighted by molar-refractivity contribution is 0.379. The van der Waals surface area contributed by atoms with Crippen LogP contribution in [0.25, 0.3) is 21.9 Å². The number of fused-ring (bicyclic) bond motifs is 3. The Labute approximate surface area is 87.3 Å². The third kappa shape index (κ3) is 1.08. The molecule has 0 radical (unpaired) electrons. The third-order valence-corrected chi connectivity index (χ3v) is 2.45. The number of benzene rings is 1. The second-order valence-electron chi connectivity index (χ2n) is 3.41. The Bertz CT molecular complexity index is 758. The molecular formula is C11H5F2NO2. The summed E-state index contributed by atoms with van der Waals surface area (Å²) in [6.45, 7) is 0. The largest absolute Gasteiger partial charge is 0.425 e. The van der Waals surface area contributed by atoms with Crippen LogP contribution >= 0.6 is 0 Å². The van der Waals surface area contributed by atoms with E-state index in [1.165, 1.54) is 12.1 Å². The fourth-order valence-electron chi connectivity index (χ4n) is 1.78. The molecule has 3 nitrogen and oxygen atoms in total. The second-order valence-corrected chi connectivity index (χ2v) is 3.41. The fourth-order valence-corrected chi connectivity index (χ4v) is 1.78. The minimum absolute atomic E-state index is 0.0563. The molecule has 2 aromatic heterocycles. The normalized spacial score (nSPS) is 11.4. The van der Waals surface area contributed by atoms with Gasteiger partial charge in [-0.05, 0) is 6.07 Å². The summed E-state index contributed by atoms with van der Waals surface area (Å²) in [6.07, 6.45) is 0. The van der Waals surface area contributed by atoms with Crippen molar-refractivity contribution in [1.82, 2.24) is 4.98 Å². The number of aromatic amines is 1. The van der Waals surface area contributed by atoms with E-state index in [-0.39, 0.29) is 16.5 Å². The first kappa shape index (κ1) is 9.08. The van der Waals surface area contributed by atoms with Gasteiger partial charge in [-0.1, -0.05) is 12.1 Å². The van der Waals surface area contributed by atoms with Crippen LogP contribution in [0.5, 0.6) is 0 Å². The van der Waals surface area contributed by atoms with Crippen LogP contribution in [0.15, 0.2) is 33.5 Å². The van der Waals surface area contributed by atoms with Crippen molar-refractivity contribution >= 4 is 21.9 Å². The number of halogens is 2. The summed E-state index contributed by atoms with van der Waals surface area (Å²) < 4.78 is 30.9. The van der Waals surface area contributed by atoms with Crippen molar-refractivity contribution in [1.29, 1.82) is 0 Å². The van der Waals surface area contributed by atoms with Crippen LogP contribution in [0, 0.1) is 11.8 Å². The standard InChI is InChI=1S/C11H5F2NO2/c12-7-3-1-2-5-6-4-8(13)16-10(6)11(15)14-9(5)7/h1-4H,(H,14,15). The van der Waals surface area contributed by atoms with Gasteiger partial charge in [-0.2, -0.15) is 4.39 Å². The molecule has 0 atom stereocenters. The Morgan fingerprint density at radius 1 is 1.19 bits per heavy atom. The highest BCUT2D eigenvalue weighted by molar-refractivity contribution is 6.03. The van der Waals surface area contributed by atoms with E-state index < -0.39 is 17.4 Å². The highest BCUT2D eigenvalue weighted by atomic mass is 19.1. The van der Waals surface area contributed by atoms with E-state index in [1.54, 1.807) is 6.07 Å². The molecule has 0 spiro atoms. The zero-order valence-corrected chi connectivity index (χ0v) is 7.88. The highest BCUT2D eigenvalue weighted by Crippen LogP contribution is 2.24. The van der Waals surface area contributed by atoms with Crippen LogP contribution in [0.4, 0.5) is 8.78 Å². The van der Waals surface area contributed by atoms with E-state index in [2.05, 4.69) is 9.40 Å². The van der Waals surface area contributed by atoms with Gasteiger partial charge in [0.05, 0.1) is 5.52 Å². The summed E-state index contributed by atoms with van der Waals surface area (Å²) in [6, 6.07) is 4.51. The van der Waals surface area contributed by atoms with Crippen LogP contribution in [0.2, 0.25) is 0 Å². The SMILES string of the molecule is O=c1[nH]c2c(F)cccc2c2cc(F)oc12. The molecule has 1 N–H and O–H groups in total. The van der Waals surface area contributed by atoms with Gasteiger partial charge in [0.15, 0.2) is 0 Å². The van der Waals surface area contributed by atoms with Gasteiger partial charge in [0.25, 0.3) is 11.6 Å². The summed E-state index contributed by atoms with van der Waals surface area (Å²) in [7, 11) is 0. The first-order valence-corrected chi connectivity index (χ1v) is 4.56. The Hall–Kier alpha value is -2.17. The quantitative estimate of drug-likeness (QED) is 0.634. The number of para-hydroxylation sites is 1. The predicted octanol–water partition coefficient (Wildman–Crippen LogP) is 2.55. The maximum absolute atomic E-state index is 13.4. The molecule has 0 unspecified atom stereocenters. The minimum atomic E-state index is -0.864. The van der Waals surface area contributed by atoms with Crippen LogP contribution in [0.3, 0.4) is 0 Å². The van der Waals surface area contributed by atoms with Gasteiger partial charge >= 0.3 is 0 Å². The summed E-state index contributed by atoms with van der Waals surface area (Å²) >= 11 is 0. The van der Waals surface area contributed by atoms with Gasteiger partial charge in [-0.25, -0.2) is 4.39 Å². The van der Waals surface area contributed by atoms with E-state index in [9.17, 15) is 13.6 Å². The van der Waals surface area contributed by atoms with Crippen LogP contribution in [-0.2, 0) is 0 Å². The van der Waals surface area contributed by atoms with E-state index in [0.717, 1.165) is 6.07 Å². The molecule has 0 saturated heterocycles. The average Bonchev–Trinajstić information content (AvgIpc) is 2.63. The summed E-state index contributed by atoms with van der Waals surface area (Å²) in [4.78, 5) is 13.8. The molecule has 0 fully saturated rings. The van der Waals surface area contributed by atoms with Crippen molar-refractivity contribution in [2.45, 2.75) is 0 Å². The lowest BCUT2D eigenvalue weighted by Gasteiger charge is -1.99. The average molecular weight is 221 g/mol. The predicted molar refractivity (Wildman–Crippen MR) is 54.3 cm³/mol. The monoisotopic (exact) mass is 221 g/mol. The number of hydrogen-bond donors (Lipinski definition) is 1. The van der Waals surface area contributed by atoms with E-state index >= 15 is 0 Å². The lowest BCUT2D eigenvalue weighted by atomic mass is 10.1. The number of pyridine rings is 1. The molecule has 3 rings (SSSR count). The molecule has 0 bridgehead atoms. The number of hydrogen-bond acceptors (Lipinski definition) is 2. The van der Waals surface area contributed by atoms with Gasteiger partial charge in [0.2, 0.25) is 5.58 Å². The van der Waals surface area contributed by atoms with Gasteiger partial charge in [-0.15, -0.1) is 0 Å². The maximum atomic E-state index is 13.4. The zero-order valence-electron chi connectivity index (χ0n) is 7.88. The smallest absolute Gasteiger partial charge is 0.292 e. The Kier molecular flexibility index (Phi) is 1.65. The number of aromatic nitrogens is 1. The van der Waals surface area contributed by atoms with Crippen LogP contribution in [-0.4, -0.2) is 4.98 Å². The molecule has 2 heterocycles. The van der Waals surface area contributed by atoms with Crippen molar-refractivity contribution in [2.75, 3.05) is 0 Å². The topological polar surface area (TPSA) is 46.0 Å². The molecular weight excluding hydrogens is 216 g/mol. The molecule has 5 heteroatoms. The van der Waals surface area contributed by atoms with E-state index in [0.29, 0.717) is 5.39 Å². The summed E-state index contributed by atoms with van der Waals surface area (Å²) in [5, 5.41) is 0.693. The first-order valence-electron chi connectivity index (χ1n) is 4.56. The van der Waals surface area contributed by atoms with Crippen molar-refractivity contribution in [3.05, 3.63) is 46.5 Å². The van der Waals surface area contributed by atoms with Gasteiger partial charge in [-0.3, -0.25) is 4.79 Å². The molecule has 80 valence electrons. The van der Waals surface area contributed by atoms with Crippen molar-refractivity contribution < 1.29 is 13.2 Å². The van der Waals surface area contributed by atoms with Gasteiger partial charge in [0, 0.05) is 16.8 Å². The Balaban J connectivity index is 2.69. The Morgan fingerprint density at radius 3 is 2.81 bits per heavy atom. The number of rotatable bonds is 0. The molecule has 0 aliphatic heterocycles. The van der Waals surface area contributed by atoms with Crippen LogP contribution in [0.1, 0.15) is 0 Å². The van der Waals surface area contributed by atoms with E-state index in [4.69, 9.17) is 0 Å². The summed E-state index contributed by atoms with van der Waals surface area (Å²) in [5.41, 5.74) is -0.715. The maximum Gasteiger partial charge on any atom is 0.292 e. The lowest BCUT2D eigenvalue weighted by Crippen LogP contribution is -2.05. The summed E-state index contributed by atoms with van der Waals surface area (Å²) in [5.74, 6) is -0.557. The fraction of sp³-hybridized carbons (Fsp3) is 0. The van der Waals surface area contributed by atoms with Crippen molar-refractivity contribution in [2.24, 2.45) is 0 Å². The number of nitrogens with one attached hydrogen (secondary N) is 1. The van der Waals surface area contributed by atoms with Crippen molar-refractivity contribution in [3.63, 3.8) is 0 Å². The highest BCUT2D eigenvalue weighted by Gasteiger charge is 2.12. The Morgan fingerprint density at radius 2 is 2.00 bits per heavy atom. The molecule has 0 aliphatic carbocycles. The minimum Gasteiger partial charge on any atom is -0.425 e. The van der Waals surface area contributed by atoms with Crippen LogP contribution < -0.4 is 5.56 Å². The number of H-pyrrole nitrogens is 1.